The molecule has 1 saturated heterocycles. The Bertz CT molecular complexity index is 521. The molecule has 0 saturated carbocycles. The summed E-state index contributed by atoms with van der Waals surface area (Å²) in [5.74, 6) is -0.471. The fraction of sp³-hybridized carbons (Fsp3) is 0.500. The Morgan fingerprint density at radius 3 is 2.86 bits per heavy atom. The van der Waals surface area contributed by atoms with Crippen LogP contribution in [0.5, 0.6) is 0 Å². The minimum absolute atomic E-state index is 0.107. The molecule has 0 atom stereocenters. The Kier molecular flexibility index (Phi) is 4.75. The molecule has 21 heavy (non-hydrogen) atoms. The van der Waals surface area contributed by atoms with Gasteiger partial charge in [0.15, 0.2) is 0 Å². The van der Waals surface area contributed by atoms with Gasteiger partial charge in [-0.25, -0.2) is 9.89 Å². The zero-order valence-electron chi connectivity index (χ0n) is 11.4. The van der Waals surface area contributed by atoms with Crippen molar-refractivity contribution in [3.63, 3.8) is 0 Å². The summed E-state index contributed by atoms with van der Waals surface area (Å²) in [5, 5.41) is 17.9. The molecule has 0 spiro atoms. The van der Waals surface area contributed by atoms with Crippen LogP contribution < -0.4 is 10.2 Å². The Morgan fingerprint density at radius 2 is 2.24 bits per heavy atom. The zero-order valence-corrected chi connectivity index (χ0v) is 11.4. The number of aromatic nitrogens is 3. The van der Waals surface area contributed by atoms with Gasteiger partial charge in [-0.05, 0) is 12.8 Å². The third-order valence-electron chi connectivity index (χ3n) is 3.15. The first-order valence-electron chi connectivity index (χ1n) is 6.55. The van der Waals surface area contributed by atoms with Gasteiger partial charge in [-0.3, -0.25) is 10.1 Å². The number of hydrogen-bond donors (Lipinski definition) is 3. The van der Waals surface area contributed by atoms with E-state index in [0.717, 1.165) is 0 Å². The standard InChI is InChI=1S/C12H17N5O4/c1-2-7-21-12(20)14-10-13-11(16-15-10)17-5-3-8(4-6-17)9(18)19/h2,8H,1,3-7H2,(H,18,19)(H2,13,14,15,16,20). The summed E-state index contributed by atoms with van der Waals surface area (Å²) in [7, 11) is 0. The minimum atomic E-state index is -0.767. The van der Waals surface area contributed by atoms with Crippen LogP contribution in [0.2, 0.25) is 0 Å². The van der Waals surface area contributed by atoms with Gasteiger partial charge < -0.3 is 14.7 Å². The molecule has 0 aliphatic carbocycles. The van der Waals surface area contributed by atoms with Crippen molar-refractivity contribution < 1.29 is 19.4 Å². The molecule has 0 bridgehead atoms. The van der Waals surface area contributed by atoms with Gasteiger partial charge >= 0.3 is 12.1 Å². The number of anilines is 2. The average molecular weight is 295 g/mol. The summed E-state index contributed by atoms with van der Waals surface area (Å²) >= 11 is 0. The van der Waals surface area contributed by atoms with E-state index in [0.29, 0.717) is 31.9 Å². The Hall–Kier alpha value is -2.58. The molecule has 2 rings (SSSR count). The van der Waals surface area contributed by atoms with Crippen LogP contribution in [0.3, 0.4) is 0 Å². The summed E-state index contributed by atoms with van der Waals surface area (Å²) in [6, 6.07) is 0. The fourth-order valence-electron chi connectivity index (χ4n) is 2.04. The molecule has 3 N–H and O–H groups in total. The second-order valence-corrected chi connectivity index (χ2v) is 4.60. The molecule has 1 amide bonds. The molecule has 0 radical (unpaired) electrons. The van der Waals surface area contributed by atoms with Crippen molar-refractivity contribution in [3.8, 4) is 0 Å². The molecule has 2 heterocycles. The molecule has 1 fully saturated rings. The van der Waals surface area contributed by atoms with Crippen molar-refractivity contribution in [2.24, 2.45) is 5.92 Å². The lowest BCUT2D eigenvalue weighted by Crippen LogP contribution is -2.36. The number of amides is 1. The van der Waals surface area contributed by atoms with Crippen molar-refractivity contribution in [1.82, 2.24) is 15.2 Å². The Labute approximate surface area is 121 Å². The summed E-state index contributed by atoms with van der Waals surface area (Å²) in [6.07, 6.45) is 1.90. The van der Waals surface area contributed by atoms with E-state index in [1.807, 2.05) is 4.90 Å². The van der Waals surface area contributed by atoms with Crippen molar-refractivity contribution in [2.75, 3.05) is 29.9 Å². The zero-order chi connectivity index (χ0) is 15.2. The number of H-pyrrole nitrogens is 1. The van der Waals surface area contributed by atoms with Crippen LogP contribution in [0.4, 0.5) is 16.7 Å². The molecule has 0 unspecified atom stereocenters. The minimum Gasteiger partial charge on any atom is -0.481 e. The number of nitrogens with one attached hydrogen (secondary N) is 2. The van der Waals surface area contributed by atoms with Crippen molar-refractivity contribution in [3.05, 3.63) is 12.7 Å². The molecular formula is C12H17N5O4. The van der Waals surface area contributed by atoms with Gasteiger partial charge in [0.2, 0.25) is 11.9 Å². The van der Waals surface area contributed by atoms with Crippen LogP contribution in [-0.4, -0.2) is 52.0 Å². The van der Waals surface area contributed by atoms with Gasteiger partial charge in [-0.1, -0.05) is 12.7 Å². The lowest BCUT2D eigenvalue weighted by molar-refractivity contribution is -0.142. The molecule has 1 aromatic heterocycles. The van der Waals surface area contributed by atoms with Gasteiger partial charge in [-0.2, -0.15) is 4.98 Å². The van der Waals surface area contributed by atoms with Gasteiger partial charge in [0, 0.05) is 13.1 Å². The highest BCUT2D eigenvalue weighted by atomic mass is 16.5. The van der Waals surface area contributed by atoms with Crippen LogP contribution in [0.25, 0.3) is 0 Å². The van der Waals surface area contributed by atoms with Gasteiger partial charge in [-0.15, -0.1) is 5.10 Å². The summed E-state index contributed by atoms with van der Waals surface area (Å²) in [5.41, 5.74) is 0. The Morgan fingerprint density at radius 1 is 1.52 bits per heavy atom. The molecular weight excluding hydrogens is 278 g/mol. The number of aliphatic carboxylic acids is 1. The second kappa shape index (κ2) is 6.73. The van der Waals surface area contributed by atoms with Gasteiger partial charge in [0.25, 0.3) is 0 Å². The number of ether oxygens (including phenoxy) is 1. The summed E-state index contributed by atoms with van der Waals surface area (Å²) < 4.78 is 4.76. The number of nitrogens with zero attached hydrogens (tertiary/aromatic N) is 3. The highest BCUT2D eigenvalue weighted by Gasteiger charge is 2.26. The summed E-state index contributed by atoms with van der Waals surface area (Å²) in [4.78, 5) is 28.2. The van der Waals surface area contributed by atoms with Crippen LogP contribution in [0.1, 0.15) is 12.8 Å². The number of rotatable bonds is 5. The van der Waals surface area contributed by atoms with E-state index < -0.39 is 12.1 Å². The lowest BCUT2D eigenvalue weighted by atomic mass is 9.97. The van der Waals surface area contributed by atoms with Gasteiger partial charge in [0.05, 0.1) is 5.92 Å². The molecule has 0 aromatic carbocycles. The maximum Gasteiger partial charge on any atom is 0.414 e. The molecule has 1 aromatic rings. The van der Waals surface area contributed by atoms with E-state index in [2.05, 4.69) is 27.1 Å². The van der Waals surface area contributed by atoms with Gasteiger partial charge in [0.1, 0.15) is 6.61 Å². The van der Waals surface area contributed by atoms with Crippen LogP contribution in [0, 0.1) is 5.92 Å². The third-order valence-corrected chi connectivity index (χ3v) is 3.15. The topological polar surface area (TPSA) is 120 Å². The highest BCUT2D eigenvalue weighted by Crippen LogP contribution is 2.21. The quantitative estimate of drug-likeness (QED) is 0.688. The number of hydrogen-bond acceptors (Lipinski definition) is 6. The maximum atomic E-state index is 11.3. The number of carbonyl (C=O) groups excluding carboxylic acids is 1. The fourth-order valence-corrected chi connectivity index (χ4v) is 2.04. The molecule has 9 heteroatoms. The maximum absolute atomic E-state index is 11.3. The number of carboxylic acid groups (broad SMARTS) is 1. The number of piperidine rings is 1. The SMILES string of the molecule is C=CCOC(=O)Nc1nc(N2CCC(C(=O)O)CC2)n[nH]1. The first-order chi connectivity index (χ1) is 10.1. The van der Waals surface area contributed by atoms with E-state index in [9.17, 15) is 9.59 Å². The first-order valence-corrected chi connectivity index (χ1v) is 6.55. The smallest absolute Gasteiger partial charge is 0.414 e. The lowest BCUT2D eigenvalue weighted by Gasteiger charge is -2.28. The number of carboxylic acids is 1. The number of aromatic amines is 1. The molecule has 1 aliphatic heterocycles. The monoisotopic (exact) mass is 295 g/mol. The van der Waals surface area contributed by atoms with Crippen molar-refractivity contribution in [2.45, 2.75) is 12.8 Å². The van der Waals surface area contributed by atoms with Crippen molar-refractivity contribution >= 4 is 24.0 Å². The highest BCUT2D eigenvalue weighted by molar-refractivity contribution is 5.82. The normalized spacial score (nSPS) is 15.5. The average Bonchev–Trinajstić information content (AvgIpc) is 2.93. The largest absolute Gasteiger partial charge is 0.481 e. The molecule has 114 valence electrons. The predicted octanol–water partition coefficient (Wildman–Crippen LogP) is 0.840. The van der Waals surface area contributed by atoms with Crippen LogP contribution in [-0.2, 0) is 9.53 Å². The first kappa shape index (κ1) is 14.8. The van der Waals surface area contributed by atoms with Crippen LogP contribution >= 0.6 is 0 Å². The van der Waals surface area contributed by atoms with E-state index in [4.69, 9.17) is 9.84 Å². The van der Waals surface area contributed by atoms with E-state index in [1.165, 1.54) is 6.08 Å². The molecule has 1 aliphatic rings. The summed E-state index contributed by atoms with van der Waals surface area (Å²) in [6.45, 7) is 4.67. The molecule has 9 nitrogen and oxygen atoms in total. The number of carbonyl (C=O) groups is 2. The predicted molar refractivity (Wildman–Crippen MR) is 74.1 cm³/mol. The Balaban J connectivity index is 1.87. The third kappa shape index (κ3) is 3.94. The van der Waals surface area contributed by atoms with E-state index in [-0.39, 0.29) is 18.5 Å². The van der Waals surface area contributed by atoms with E-state index >= 15 is 0 Å². The van der Waals surface area contributed by atoms with Crippen molar-refractivity contribution in [1.29, 1.82) is 0 Å². The van der Waals surface area contributed by atoms with E-state index in [1.54, 1.807) is 0 Å². The van der Waals surface area contributed by atoms with Crippen LogP contribution in [0.15, 0.2) is 12.7 Å². The second-order valence-electron chi connectivity index (χ2n) is 4.60.